The molecular formula is C9H14N2O6. The Balaban J connectivity index is 2.15. The fraction of sp³-hybridized carbons (Fsp3) is 0.667. The third-order valence-corrected chi connectivity index (χ3v) is 2.82. The highest BCUT2D eigenvalue weighted by Crippen LogP contribution is 2.27. The van der Waals surface area contributed by atoms with E-state index < -0.39 is 43.3 Å². The van der Waals surface area contributed by atoms with Crippen LogP contribution in [-0.4, -0.2) is 63.7 Å². The first-order valence-corrected chi connectivity index (χ1v) is 5.12. The lowest BCUT2D eigenvalue weighted by Crippen LogP contribution is -2.50. The zero-order valence-corrected chi connectivity index (χ0v) is 8.78. The second kappa shape index (κ2) is 4.59. The zero-order valence-electron chi connectivity index (χ0n) is 8.78. The zero-order chi connectivity index (χ0) is 12.6. The van der Waals surface area contributed by atoms with E-state index in [-0.39, 0.29) is 5.57 Å². The average molecular weight is 246 g/mol. The number of carbonyl (C=O) groups excluding carboxylic acids is 1. The standard InChI is InChI=1S/C9H14N2O6/c12-2-4-5(13)6(14)7(17-4)3-1-10-9(16)11-8(3)15/h1,4-8,12-15H,2H2,(H2,10,11,16)/t4-,5?,6?,7+,8?/m1/s1. The summed E-state index contributed by atoms with van der Waals surface area (Å²) in [6.45, 7) is -0.447. The molecule has 8 heteroatoms. The van der Waals surface area contributed by atoms with Crippen LogP contribution in [0.4, 0.5) is 4.79 Å². The van der Waals surface area contributed by atoms with Crippen molar-refractivity contribution in [2.45, 2.75) is 30.6 Å². The lowest BCUT2D eigenvalue weighted by Gasteiger charge is -2.26. The fourth-order valence-corrected chi connectivity index (χ4v) is 1.89. The number of carbonyl (C=O) groups is 1. The molecule has 0 saturated carbocycles. The van der Waals surface area contributed by atoms with Gasteiger partial charge < -0.3 is 35.8 Å². The topological polar surface area (TPSA) is 131 Å². The third kappa shape index (κ3) is 2.13. The summed E-state index contributed by atoms with van der Waals surface area (Å²) in [5.41, 5.74) is 0.187. The molecule has 2 aliphatic rings. The monoisotopic (exact) mass is 246 g/mol. The van der Waals surface area contributed by atoms with Crippen molar-refractivity contribution >= 4 is 6.03 Å². The molecule has 0 radical (unpaired) electrons. The molecule has 1 fully saturated rings. The van der Waals surface area contributed by atoms with E-state index in [2.05, 4.69) is 10.6 Å². The first-order valence-electron chi connectivity index (χ1n) is 5.12. The van der Waals surface area contributed by atoms with Gasteiger partial charge in [0.15, 0.2) is 6.23 Å². The molecule has 6 N–H and O–H groups in total. The number of rotatable bonds is 2. The average Bonchev–Trinajstić information content (AvgIpc) is 2.57. The van der Waals surface area contributed by atoms with Crippen LogP contribution in [0.15, 0.2) is 11.8 Å². The van der Waals surface area contributed by atoms with E-state index >= 15 is 0 Å². The molecule has 2 heterocycles. The summed E-state index contributed by atoms with van der Waals surface area (Å²) in [6.07, 6.45) is -4.50. The molecule has 0 aromatic carbocycles. The summed E-state index contributed by atoms with van der Waals surface area (Å²) < 4.78 is 5.21. The highest BCUT2D eigenvalue weighted by molar-refractivity contribution is 5.77. The molecule has 17 heavy (non-hydrogen) atoms. The molecule has 0 aliphatic carbocycles. The Kier molecular flexibility index (Phi) is 3.31. The van der Waals surface area contributed by atoms with Gasteiger partial charge in [-0.25, -0.2) is 4.79 Å². The molecule has 2 amide bonds. The number of hydrogen-bond donors (Lipinski definition) is 6. The van der Waals surface area contributed by atoms with E-state index in [9.17, 15) is 20.1 Å². The van der Waals surface area contributed by atoms with E-state index in [4.69, 9.17) is 9.84 Å². The maximum atomic E-state index is 10.9. The number of hydrogen-bond acceptors (Lipinski definition) is 6. The molecule has 0 spiro atoms. The number of amides is 2. The Bertz CT molecular complexity index is 346. The summed E-state index contributed by atoms with van der Waals surface area (Å²) in [4.78, 5) is 10.9. The highest BCUT2D eigenvalue weighted by atomic mass is 16.6. The Labute approximate surface area is 96.5 Å². The molecule has 3 unspecified atom stereocenters. The Hall–Kier alpha value is -1.19. The van der Waals surface area contributed by atoms with Gasteiger partial charge in [0.05, 0.1) is 6.61 Å². The van der Waals surface area contributed by atoms with Crippen LogP contribution in [-0.2, 0) is 4.74 Å². The van der Waals surface area contributed by atoms with Gasteiger partial charge in [-0.15, -0.1) is 0 Å². The van der Waals surface area contributed by atoms with Gasteiger partial charge in [0.25, 0.3) is 0 Å². The van der Waals surface area contributed by atoms with Crippen molar-refractivity contribution in [1.82, 2.24) is 10.6 Å². The highest BCUT2D eigenvalue weighted by Gasteiger charge is 2.46. The van der Waals surface area contributed by atoms with Crippen molar-refractivity contribution in [3.05, 3.63) is 11.8 Å². The first-order chi connectivity index (χ1) is 8.04. The van der Waals surface area contributed by atoms with Crippen LogP contribution in [0.2, 0.25) is 0 Å². The molecule has 0 aromatic heterocycles. The second-order valence-electron chi connectivity index (χ2n) is 3.92. The van der Waals surface area contributed by atoms with Crippen molar-refractivity contribution in [1.29, 1.82) is 0 Å². The van der Waals surface area contributed by atoms with Crippen LogP contribution in [0.1, 0.15) is 0 Å². The predicted octanol–water partition coefficient (Wildman–Crippen LogP) is -3.02. The van der Waals surface area contributed by atoms with Gasteiger partial charge in [0.1, 0.15) is 24.4 Å². The Morgan fingerprint density at radius 1 is 1.29 bits per heavy atom. The summed E-state index contributed by atoms with van der Waals surface area (Å²) >= 11 is 0. The fourth-order valence-electron chi connectivity index (χ4n) is 1.89. The SMILES string of the molecule is O=C1NC=C([C@@H]2O[C@H](CO)C(O)C2O)C(O)N1. The van der Waals surface area contributed by atoms with Gasteiger partial charge in [-0.05, 0) is 0 Å². The molecule has 2 rings (SSSR count). The molecule has 8 nitrogen and oxygen atoms in total. The molecule has 96 valence electrons. The van der Waals surface area contributed by atoms with Gasteiger partial charge in [0.2, 0.25) is 0 Å². The summed E-state index contributed by atoms with van der Waals surface area (Å²) in [7, 11) is 0. The number of aliphatic hydroxyl groups excluding tert-OH is 4. The van der Waals surface area contributed by atoms with E-state index in [0.29, 0.717) is 0 Å². The van der Waals surface area contributed by atoms with Gasteiger partial charge in [-0.3, -0.25) is 0 Å². The number of ether oxygens (including phenoxy) is 1. The lowest BCUT2D eigenvalue weighted by molar-refractivity contribution is -0.0188. The molecular weight excluding hydrogens is 232 g/mol. The Morgan fingerprint density at radius 3 is 2.53 bits per heavy atom. The van der Waals surface area contributed by atoms with E-state index in [1.165, 1.54) is 6.20 Å². The first kappa shape index (κ1) is 12.3. The van der Waals surface area contributed by atoms with Crippen molar-refractivity contribution in [3.63, 3.8) is 0 Å². The maximum Gasteiger partial charge on any atom is 0.321 e. The van der Waals surface area contributed by atoms with Crippen LogP contribution < -0.4 is 10.6 Å². The van der Waals surface area contributed by atoms with Crippen LogP contribution >= 0.6 is 0 Å². The molecule has 5 atom stereocenters. The van der Waals surface area contributed by atoms with Crippen molar-refractivity contribution in [2.24, 2.45) is 0 Å². The maximum absolute atomic E-state index is 10.9. The number of aliphatic hydroxyl groups is 4. The van der Waals surface area contributed by atoms with Gasteiger partial charge >= 0.3 is 6.03 Å². The molecule has 1 saturated heterocycles. The second-order valence-corrected chi connectivity index (χ2v) is 3.92. The van der Waals surface area contributed by atoms with Crippen LogP contribution in [0.3, 0.4) is 0 Å². The van der Waals surface area contributed by atoms with Gasteiger partial charge in [-0.2, -0.15) is 0 Å². The Morgan fingerprint density at radius 2 is 2.00 bits per heavy atom. The molecule has 0 bridgehead atoms. The third-order valence-electron chi connectivity index (χ3n) is 2.82. The number of nitrogens with one attached hydrogen (secondary N) is 2. The van der Waals surface area contributed by atoms with Crippen LogP contribution in [0, 0.1) is 0 Å². The summed E-state index contributed by atoms with van der Waals surface area (Å²) in [6, 6.07) is -0.576. The molecule has 0 aromatic rings. The lowest BCUT2D eigenvalue weighted by atomic mass is 10.0. The van der Waals surface area contributed by atoms with Crippen molar-refractivity contribution in [2.75, 3.05) is 6.61 Å². The van der Waals surface area contributed by atoms with E-state index in [1.54, 1.807) is 0 Å². The quantitative estimate of drug-likeness (QED) is 0.307. The normalized spacial score (nSPS) is 41.8. The van der Waals surface area contributed by atoms with E-state index in [0.717, 1.165) is 0 Å². The van der Waals surface area contributed by atoms with Crippen LogP contribution in [0.25, 0.3) is 0 Å². The van der Waals surface area contributed by atoms with Crippen molar-refractivity contribution in [3.8, 4) is 0 Å². The van der Waals surface area contributed by atoms with Crippen LogP contribution in [0.5, 0.6) is 0 Å². The van der Waals surface area contributed by atoms with Gasteiger partial charge in [-0.1, -0.05) is 0 Å². The smallest absolute Gasteiger partial charge is 0.321 e. The summed E-state index contributed by atoms with van der Waals surface area (Å²) in [5.74, 6) is 0. The minimum atomic E-state index is -1.30. The minimum Gasteiger partial charge on any atom is -0.394 e. The molecule has 2 aliphatic heterocycles. The van der Waals surface area contributed by atoms with Gasteiger partial charge in [0, 0.05) is 11.8 Å². The summed E-state index contributed by atoms with van der Waals surface area (Å²) in [5, 5.41) is 42.2. The van der Waals surface area contributed by atoms with E-state index in [1.807, 2.05) is 0 Å². The minimum absolute atomic E-state index is 0.187. The largest absolute Gasteiger partial charge is 0.394 e. The number of urea groups is 1. The van der Waals surface area contributed by atoms with Crippen molar-refractivity contribution < 1.29 is 30.0 Å². The predicted molar refractivity (Wildman–Crippen MR) is 53.5 cm³/mol.